The van der Waals surface area contributed by atoms with E-state index in [1.54, 1.807) is 20.4 Å². The number of amides is 1. The van der Waals surface area contributed by atoms with Crippen LogP contribution in [0.4, 0.5) is 11.4 Å². The molecule has 196 valence electrons. The maximum absolute atomic E-state index is 12.8. The van der Waals surface area contributed by atoms with Crippen LogP contribution in [0.25, 0.3) is 0 Å². The fourth-order valence-electron chi connectivity index (χ4n) is 5.13. The topological polar surface area (TPSA) is 91.9 Å². The van der Waals surface area contributed by atoms with Crippen LogP contribution < -0.4 is 30.1 Å². The quantitative estimate of drug-likeness (QED) is 0.432. The average Bonchev–Trinajstić information content (AvgIpc) is 2.95. The van der Waals surface area contributed by atoms with Crippen LogP contribution in [0.2, 0.25) is 0 Å². The van der Waals surface area contributed by atoms with E-state index in [0.717, 1.165) is 48.7 Å². The number of fused-ring (bicyclic) bond motifs is 1. The van der Waals surface area contributed by atoms with Gasteiger partial charge in [0, 0.05) is 73.2 Å². The Morgan fingerprint density at radius 1 is 0.784 bits per heavy atom. The summed E-state index contributed by atoms with van der Waals surface area (Å²) < 4.78 is 11.9. The second-order valence-electron chi connectivity index (χ2n) is 8.70. The highest BCUT2D eigenvalue weighted by Crippen LogP contribution is 2.47. The van der Waals surface area contributed by atoms with Gasteiger partial charge in [0.05, 0.1) is 14.2 Å². The van der Waals surface area contributed by atoms with E-state index < -0.39 is 5.54 Å². The predicted octanol–water partition coefficient (Wildman–Crippen LogP) is 3.73. The zero-order chi connectivity index (χ0) is 26.6. The molecule has 0 aliphatic carbocycles. The first kappa shape index (κ1) is 26.2. The van der Waals surface area contributed by atoms with E-state index in [4.69, 9.17) is 9.47 Å². The van der Waals surface area contributed by atoms with E-state index in [2.05, 4.69) is 70.4 Å². The van der Waals surface area contributed by atoms with E-state index >= 15 is 0 Å². The Labute approximate surface area is 218 Å². The summed E-state index contributed by atoms with van der Waals surface area (Å²) in [5, 5.41) is 0. The lowest BCUT2D eigenvalue weighted by molar-refractivity contribution is 0.0886. The van der Waals surface area contributed by atoms with Gasteiger partial charge in [-0.3, -0.25) is 15.2 Å². The number of hydrazine groups is 1. The van der Waals surface area contributed by atoms with Crippen LogP contribution in [0, 0.1) is 0 Å². The number of hydrogen-bond donors (Lipinski definition) is 2. The second-order valence-corrected chi connectivity index (χ2v) is 8.70. The van der Waals surface area contributed by atoms with Gasteiger partial charge in [-0.2, -0.15) is 0 Å². The molecule has 0 bridgehead atoms. The third kappa shape index (κ3) is 4.44. The standard InChI is InChI=1S/C28H36N6O3/c1-7-33(8-2)19-11-13-21(23(17-19)36-5)28(26-25(27(35)31-32-28)29-15-16-30-26)22-14-12-20(18-24(22)37-6)34(9-3)10-4/h11-18,32H,7-10H2,1-6H3,(H,31,35). The van der Waals surface area contributed by atoms with Gasteiger partial charge in [-0.15, -0.1) is 0 Å². The maximum Gasteiger partial charge on any atom is 0.286 e. The highest BCUT2D eigenvalue weighted by molar-refractivity contribution is 5.95. The minimum Gasteiger partial charge on any atom is -0.496 e. The molecule has 0 fully saturated rings. The van der Waals surface area contributed by atoms with E-state index in [1.165, 1.54) is 6.20 Å². The van der Waals surface area contributed by atoms with Crippen LogP contribution in [-0.4, -0.2) is 56.3 Å². The minimum atomic E-state index is -1.13. The molecule has 3 aromatic rings. The van der Waals surface area contributed by atoms with Crippen molar-refractivity contribution in [3.63, 3.8) is 0 Å². The number of anilines is 2. The molecule has 2 heterocycles. The van der Waals surface area contributed by atoms with Crippen LogP contribution in [0.15, 0.2) is 48.8 Å². The summed E-state index contributed by atoms with van der Waals surface area (Å²) in [7, 11) is 3.30. The highest BCUT2D eigenvalue weighted by Gasteiger charge is 2.48. The molecular weight excluding hydrogens is 468 g/mol. The van der Waals surface area contributed by atoms with Gasteiger partial charge in [0.15, 0.2) is 5.69 Å². The Morgan fingerprint density at radius 3 is 1.73 bits per heavy atom. The van der Waals surface area contributed by atoms with Crippen molar-refractivity contribution in [3.05, 3.63) is 71.3 Å². The van der Waals surface area contributed by atoms with Crippen molar-refractivity contribution in [1.29, 1.82) is 0 Å². The molecule has 0 atom stereocenters. The summed E-state index contributed by atoms with van der Waals surface area (Å²) in [5.41, 5.74) is 9.35. The van der Waals surface area contributed by atoms with Crippen molar-refractivity contribution >= 4 is 17.3 Å². The molecular formula is C28H36N6O3. The highest BCUT2D eigenvalue weighted by atomic mass is 16.5. The summed E-state index contributed by atoms with van der Waals surface area (Å²) >= 11 is 0. The van der Waals surface area contributed by atoms with Crippen LogP contribution in [0.5, 0.6) is 11.5 Å². The molecule has 37 heavy (non-hydrogen) atoms. The van der Waals surface area contributed by atoms with Crippen molar-refractivity contribution in [1.82, 2.24) is 20.8 Å². The molecule has 0 unspecified atom stereocenters. The minimum absolute atomic E-state index is 0.242. The number of ether oxygens (including phenoxy) is 2. The number of benzene rings is 2. The first-order valence-electron chi connectivity index (χ1n) is 12.7. The molecule has 1 amide bonds. The lowest BCUT2D eigenvalue weighted by Gasteiger charge is -2.40. The molecule has 1 aromatic heterocycles. The Hall–Kier alpha value is -3.85. The largest absolute Gasteiger partial charge is 0.496 e. The van der Waals surface area contributed by atoms with Gasteiger partial charge in [0.1, 0.15) is 22.7 Å². The van der Waals surface area contributed by atoms with Gasteiger partial charge < -0.3 is 19.3 Å². The Balaban J connectivity index is 2.04. The Kier molecular flexibility index (Phi) is 7.83. The smallest absolute Gasteiger partial charge is 0.286 e. The fourth-order valence-corrected chi connectivity index (χ4v) is 5.13. The van der Waals surface area contributed by atoms with Gasteiger partial charge in [-0.1, -0.05) is 12.1 Å². The summed E-state index contributed by atoms with van der Waals surface area (Å²) in [6.45, 7) is 12.0. The molecule has 1 aliphatic rings. The number of aromatic nitrogens is 2. The molecule has 0 saturated carbocycles. The molecule has 9 nitrogen and oxygen atoms in total. The summed E-state index contributed by atoms with van der Waals surface area (Å²) in [6, 6.07) is 12.2. The van der Waals surface area contributed by atoms with Crippen molar-refractivity contribution < 1.29 is 14.3 Å². The Morgan fingerprint density at radius 2 is 1.27 bits per heavy atom. The zero-order valence-electron chi connectivity index (χ0n) is 22.5. The number of methoxy groups -OCH3 is 2. The molecule has 0 spiro atoms. The van der Waals surface area contributed by atoms with E-state index in [0.29, 0.717) is 17.2 Å². The third-order valence-corrected chi connectivity index (χ3v) is 7.07. The number of nitrogens with one attached hydrogen (secondary N) is 2. The number of rotatable bonds is 10. The summed E-state index contributed by atoms with van der Waals surface area (Å²) in [6.07, 6.45) is 3.12. The van der Waals surface area contributed by atoms with Crippen LogP contribution in [0.1, 0.15) is 55.0 Å². The van der Waals surface area contributed by atoms with Crippen LogP contribution >= 0.6 is 0 Å². The lowest BCUT2D eigenvalue weighted by atomic mass is 9.77. The first-order chi connectivity index (χ1) is 18.0. The lowest BCUT2D eigenvalue weighted by Crippen LogP contribution is -2.59. The number of hydrogen-bond acceptors (Lipinski definition) is 8. The van der Waals surface area contributed by atoms with Gasteiger partial charge in [-0.05, 0) is 39.8 Å². The average molecular weight is 505 g/mol. The number of carbonyl (C=O) groups excluding carboxylic acids is 1. The van der Waals surface area contributed by atoms with E-state index in [1.807, 2.05) is 24.3 Å². The maximum atomic E-state index is 12.8. The molecule has 2 N–H and O–H groups in total. The van der Waals surface area contributed by atoms with Gasteiger partial charge in [-0.25, -0.2) is 10.4 Å². The van der Waals surface area contributed by atoms with E-state index in [-0.39, 0.29) is 11.6 Å². The summed E-state index contributed by atoms with van der Waals surface area (Å²) in [5.74, 6) is 0.954. The molecule has 0 radical (unpaired) electrons. The zero-order valence-corrected chi connectivity index (χ0v) is 22.5. The normalized spacial score (nSPS) is 13.9. The van der Waals surface area contributed by atoms with Crippen molar-refractivity contribution in [2.45, 2.75) is 33.2 Å². The monoisotopic (exact) mass is 504 g/mol. The van der Waals surface area contributed by atoms with E-state index in [9.17, 15) is 4.79 Å². The number of carbonyl (C=O) groups is 1. The summed E-state index contributed by atoms with van der Waals surface area (Å²) in [4.78, 5) is 26.4. The second kappa shape index (κ2) is 11.0. The molecule has 1 aliphatic heterocycles. The van der Waals surface area contributed by atoms with Crippen LogP contribution in [-0.2, 0) is 5.54 Å². The van der Waals surface area contributed by atoms with Crippen molar-refractivity contribution in [3.8, 4) is 11.5 Å². The van der Waals surface area contributed by atoms with Gasteiger partial charge in [0.25, 0.3) is 5.91 Å². The molecule has 9 heteroatoms. The molecule has 4 rings (SSSR count). The predicted molar refractivity (Wildman–Crippen MR) is 146 cm³/mol. The van der Waals surface area contributed by atoms with Crippen molar-refractivity contribution in [2.75, 3.05) is 50.2 Å². The van der Waals surface area contributed by atoms with Gasteiger partial charge in [0.2, 0.25) is 0 Å². The molecule has 0 saturated heterocycles. The van der Waals surface area contributed by atoms with Gasteiger partial charge >= 0.3 is 0 Å². The first-order valence-corrected chi connectivity index (χ1v) is 12.7. The SMILES string of the molecule is CCN(CC)c1ccc(C2(c3ccc(N(CC)CC)cc3OC)NNC(=O)c3nccnc32)c(OC)c1. The van der Waals surface area contributed by atoms with Crippen molar-refractivity contribution in [2.24, 2.45) is 0 Å². The van der Waals surface area contributed by atoms with Crippen LogP contribution in [0.3, 0.4) is 0 Å². The number of nitrogens with zero attached hydrogens (tertiary/aromatic N) is 4. The fraction of sp³-hybridized carbons (Fsp3) is 0.393. The third-order valence-electron chi connectivity index (χ3n) is 7.07. The molecule has 2 aromatic carbocycles. The Bertz CT molecular complexity index is 1190.